The maximum Gasteiger partial charge on any atom is 0.192 e. The molecule has 0 aliphatic heterocycles. The average Bonchev–Trinajstić information content (AvgIpc) is 3.27. The van der Waals surface area contributed by atoms with Crippen LogP contribution in [0, 0.1) is 0 Å². The Morgan fingerprint density at radius 3 is 2.93 bits per heavy atom. The number of nitrogens with one attached hydrogen (secondary N) is 2. The summed E-state index contributed by atoms with van der Waals surface area (Å²) in [6.45, 7) is 7.82. The van der Waals surface area contributed by atoms with Gasteiger partial charge in [0.2, 0.25) is 0 Å². The van der Waals surface area contributed by atoms with Gasteiger partial charge >= 0.3 is 0 Å². The van der Waals surface area contributed by atoms with Gasteiger partial charge < -0.3 is 19.8 Å². The highest BCUT2D eigenvalue weighted by atomic mass is 16.5. The van der Waals surface area contributed by atoms with Gasteiger partial charge in [0.25, 0.3) is 0 Å². The van der Waals surface area contributed by atoms with E-state index < -0.39 is 0 Å². The Morgan fingerprint density at radius 1 is 1.37 bits per heavy atom. The topological polar surface area (TPSA) is 89.5 Å². The molecule has 144 valence electrons. The molecule has 27 heavy (non-hydrogen) atoms. The number of aromatic nitrogens is 3. The molecule has 0 aliphatic rings. The summed E-state index contributed by atoms with van der Waals surface area (Å²) in [5.74, 6) is 3.07. The van der Waals surface area contributed by atoms with Crippen molar-refractivity contribution in [1.82, 2.24) is 25.4 Å². The molecule has 0 amide bonds. The van der Waals surface area contributed by atoms with E-state index in [1.54, 1.807) is 4.68 Å². The molecule has 0 saturated heterocycles. The van der Waals surface area contributed by atoms with Crippen LogP contribution < -0.4 is 15.4 Å². The maximum absolute atomic E-state index is 6.07. The van der Waals surface area contributed by atoms with Crippen molar-refractivity contribution in [2.75, 3.05) is 13.2 Å². The monoisotopic (exact) mass is 370 g/mol. The number of ether oxygens (including phenoxy) is 1. The van der Waals surface area contributed by atoms with E-state index in [1.807, 2.05) is 52.1 Å². The molecule has 0 saturated carbocycles. The Bertz CT molecular complexity index is 914. The second-order valence-electron chi connectivity index (χ2n) is 6.12. The van der Waals surface area contributed by atoms with Crippen molar-refractivity contribution in [3.8, 4) is 5.75 Å². The van der Waals surface area contributed by atoms with Crippen LogP contribution in [0.1, 0.15) is 38.4 Å². The number of para-hydroxylation sites is 1. The Morgan fingerprint density at radius 2 is 2.22 bits per heavy atom. The van der Waals surface area contributed by atoms with E-state index in [2.05, 4.69) is 25.7 Å². The highest BCUT2D eigenvalue weighted by Crippen LogP contribution is 2.31. The Balaban J connectivity index is 1.77. The zero-order chi connectivity index (χ0) is 19.2. The van der Waals surface area contributed by atoms with Gasteiger partial charge in [0.1, 0.15) is 24.5 Å². The summed E-state index contributed by atoms with van der Waals surface area (Å²) < 4.78 is 13.4. The van der Waals surface area contributed by atoms with E-state index in [4.69, 9.17) is 9.15 Å². The molecule has 2 N–H and O–H groups in total. The van der Waals surface area contributed by atoms with Crippen molar-refractivity contribution in [1.29, 1.82) is 0 Å². The minimum Gasteiger partial charge on any atom is -0.490 e. The predicted octanol–water partition coefficient (Wildman–Crippen LogP) is 2.78. The van der Waals surface area contributed by atoms with Gasteiger partial charge in [-0.25, -0.2) is 9.98 Å². The third-order valence-electron chi connectivity index (χ3n) is 4.13. The Hall–Kier alpha value is -3.03. The van der Waals surface area contributed by atoms with Crippen molar-refractivity contribution in [3.63, 3.8) is 0 Å². The molecule has 2 heterocycles. The molecule has 0 bridgehead atoms. The minimum absolute atomic E-state index is 0.0656. The zero-order valence-corrected chi connectivity index (χ0v) is 16.2. The van der Waals surface area contributed by atoms with Crippen LogP contribution in [-0.2, 0) is 13.6 Å². The summed E-state index contributed by atoms with van der Waals surface area (Å²) >= 11 is 0. The number of hydrogen-bond acceptors (Lipinski definition) is 5. The first-order valence-electron chi connectivity index (χ1n) is 9.15. The molecule has 0 aliphatic carbocycles. The molecule has 3 rings (SSSR count). The molecular weight excluding hydrogens is 344 g/mol. The summed E-state index contributed by atoms with van der Waals surface area (Å²) in [5, 5.41) is 11.7. The van der Waals surface area contributed by atoms with E-state index in [0.29, 0.717) is 19.1 Å². The highest BCUT2D eigenvalue weighted by molar-refractivity contribution is 5.84. The first-order valence-corrected chi connectivity index (χ1v) is 9.15. The van der Waals surface area contributed by atoms with E-state index in [1.165, 1.54) is 6.33 Å². The van der Waals surface area contributed by atoms with Crippen LogP contribution in [0.25, 0.3) is 11.0 Å². The third kappa shape index (κ3) is 4.39. The fourth-order valence-corrected chi connectivity index (χ4v) is 2.75. The van der Waals surface area contributed by atoms with Gasteiger partial charge in [-0.2, -0.15) is 5.10 Å². The molecule has 8 heteroatoms. The van der Waals surface area contributed by atoms with Crippen molar-refractivity contribution in [2.45, 2.75) is 33.4 Å². The molecular formula is C19H26N6O2. The van der Waals surface area contributed by atoms with Crippen LogP contribution in [0.3, 0.4) is 0 Å². The molecule has 0 spiro atoms. The molecule has 1 unspecified atom stereocenters. The van der Waals surface area contributed by atoms with E-state index in [9.17, 15) is 0 Å². The number of nitrogens with zero attached hydrogens (tertiary/aromatic N) is 4. The lowest BCUT2D eigenvalue weighted by Gasteiger charge is -2.16. The van der Waals surface area contributed by atoms with Crippen molar-refractivity contribution >= 4 is 16.9 Å². The molecule has 0 fully saturated rings. The molecule has 2 aromatic heterocycles. The fraction of sp³-hybridized carbons (Fsp3) is 0.421. The van der Waals surface area contributed by atoms with E-state index in [-0.39, 0.29) is 6.04 Å². The molecule has 1 aromatic carbocycles. The van der Waals surface area contributed by atoms with E-state index in [0.717, 1.165) is 34.8 Å². The Kier molecular flexibility index (Phi) is 5.95. The molecule has 0 radical (unpaired) electrons. The number of fused-ring (bicyclic) bond motifs is 1. The second kappa shape index (κ2) is 8.57. The lowest BCUT2D eigenvalue weighted by molar-refractivity contribution is 0.336. The SMILES string of the molecule is CCNC(=NCc1ncnn1C)NC(C)c1cc2cccc(OCC)c2o1. The van der Waals surface area contributed by atoms with Gasteiger partial charge in [0.15, 0.2) is 17.3 Å². The third-order valence-corrected chi connectivity index (χ3v) is 4.13. The molecule has 3 aromatic rings. The lowest BCUT2D eigenvalue weighted by atomic mass is 10.2. The first kappa shape index (κ1) is 18.8. The van der Waals surface area contributed by atoms with Crippen LogP contribution in [0.4, 0.5) is 0 Å². The molecule has 8 nitrogen and oxygen atoms in total. The largest absolute Gasteiger partial charge is 0.490 e. The normalized spacial score (nSPS) is 13.0. The van der Waals surface area contributed by atoms with Crippen LogP contribution in [0.2, 0.25) is 0 Å². The van der Waals surface area contributed by atoms with Crippen molar-refractivity contribution in [3.05, 3.63) is 42.2 Å². The number of hydrogen-bond donors (Lipinski definition) is 2. The molecule has 1 atom stereocenters. The van der Waals surface area contributed by atoms with Gasteiger partial charge in [0.05, 0.1) is 12.6 Å². The summed E-state index contributed by atoms with van der Waals surface area (Å²) in [6.07, 6.45) is 1.53. The number of guanidine groups is 1. The smallest absolute Gasteiger partial charge is 0.192 e. The minimum atomic E-state index is -0.0656. The highest BCUT2D eigenvalue weighted by Gasteiger charge is 2.15. The lowest BCUT2D eigenvalue weighted by Crippen LogP contribution is -2.38. The van der Waals surface area contributed by atoms with Crippen LogP contribution in [-0.4, -0.2) is 33.9 Å². The number of benzene rings is 1. The standard InChI is InChI=1S/C19H26N6O2/c1-5-20-19(21-11-17-22-12-23-25(17)4)24-13(3)16-10-14-8-7-9-15(26-6-2)18(14)27-16/h7-10,12-13H,5-6,11H2,1-4H3,(H2,20,21,24). The summed E-state index contributed by atoms with van der Waals surface area (Å²) in [7, 11) is 1.85. The van der Waals surface area contributed by atoms with Crippen LogP contribution in [0.15, 0.2) is 40.0 Å². The van der Waals surface area contributed by atoms with Crippen LogP contribution in [0.5, 0.6) is 5.75 Å². The number of aryl methyl sites for hydroxylation is 1. The van der Waals surface area contributed by atoms with Gasteiger partial charge in [-0.1, -0.05) is 12.1 Å². The van der Waals surface area contributed by atoms with Crippen molar-refractivity contribution < 1.29 is 9.15 Å². The Labute approximate surface area is 158 Å². The summed E-state index contributed by atoms with van der Waals surface area (Å²) in [5.41, 5.74) is 0.768. The quantitative estimate of drug-likeness (QED) is 0.491. The fourth-order valence-electron chi connectivity index (χ4n) is 2.75. The van der Waals surface area contributed by atoms with Gasteiger partial charge in [-0.15, -0.1) is 0 Å². The van der Waals surface area contributed by atoms with E-state index >= 15 is 0 Å². The van der Waals surface area contributed by atoms with Gasteiger partial charge in [0, 0.05) is 19.0 Å². The van der Waals surface area contributed by atoms with Gasteiger partial charge in [-0.3, -0.25) is 4.68 Å². The van der Waals surface area contributed by atoms with Gasteiger partial charge in [-0.05, 0) is 32.9 Å². The summed E-state index contributed by atoms with van der Waals surface area (Å²) in [6, 6.07) is 7.87. The van der Waals surface area contributed by atoms with Crippen molar-refractivity contribution in [2.24, 2.45) is 12.0 Å². The van der Waals surface area contributed by atoms with Crippen LogP contribution >= 0.6 is 0 Å². The number of aliphatic imine (C=N–C) groups is 1. The predicted molar refractivity (Wildman–Crippen MR) is 105 cm³/mol. The number of rotatable bonds is 7. The maximum atomic E-state index is 6.07. The second-order valence-corrected chi connectivity index (χ2v) is 6.12. The summed E-state index contributed by atoms with van der Waals surface area (Å²) in [4.78, 5) is 8.79. The first-order chi connectivity index (χ1) is 13.1. The average molecular weight is 370 g/mol. The zero-order valence-electron chi connectivity index (χ0n) is 16.2. The number of furan rings is 1.